The fourth-order valence-corrected chi connectivity index (χ4v) is 2.73. The highest BCUT2D eigenvalue weighted by molar-refractivity contribution is 6.04. The molecule has 2 rings (SSSR count). The minimum absolute atomic E-state index is 0.00623. The molecule has 0 saturated heterocycles. The number of methoxy groups -OCH3 is 1. The van der Waals surface area contributed by atoms with Gasteiger partial charge in [-0.05, 0) is 18.1 Å². The number of ether oxygens (including phenoxy) is 1. The van der Waals surface area contributed by atoms with Crippen LogP contribution in [0.5, 0.6) is 5.75 Å². The van der Waals surface area contributed by atoms with Crippen molar-refractivity contribution in [2.24, 2.45) is 0 Å². The Hall–Kier alpha value is -1.51. The highest BCUT2D eigenvalue weighted by atomic mass is 16.5. The van der Waals surface area contributed by atoms with Crippen molar-refractivity contribution < 1.29 is 9.53 Å². The number of carbonyl (C=O) groups is 1. The molecule has 0 fully saturated rings. The van der Waals surface area contributed by atoms with E-state index in [-0.39, 0.29) is 11.8 Å². The van der Waals surface area contributed by atoms with Gasteiger partial charge in [0.25, 0.3) is 0 Å². The van der Waals surface area contributed by atoms with Gasteiger partial charge in [-0.1, -0.05) is 51.2 Å². The number of carbonyl (C=O) groups excluding carboxylic acids is 1. The molecule has 1 aliphatic heterocycles. The van der Waals surface area contributed by atoms with Crippen molar-refractivity contribution in [3.63, 3.8) is 0 Å². The first-order valence-electron chi connectivity index (χ1n) is 7.25. The fraction of sp³-hybridized carbons (Fsp3) is 0.562. The first kappa shape index (κ1) is 13.9. The van der Waals surface area contributed by atoms with Gasteiger partial charge in [-0.2, -0.15) is 0 Å². The lowest BCUT2D eigenvalue weighted by Crippen LogP contribution is -2.11. The van der Waals surface area contributed by atoms with Crippen LogP contribution in [0.3, 0.4) is 0 Å². The molecular weight excluding hydrogens is 238 g/mol. The maximum Gasteiger partial charge on any atom is 0.232 e. The molecule has 1 N–H and O–H groups in total. The number of rotatable bonds is 7. The van der Waals surface area contributed by atoms with E-state index in [2.05, 4.69) is 12.2 Å². The first-order chi connectivity index (χ1) is 9.27. The van der Waals surface area contributed by atoms with E-state index < -0.39 is 0 Å². The number of benzene rings is 1. The molecule has 104 valence electrons. The molecule has 0 radical (unpaired) electrons. The van der Waals surface area contributed by atoms with Gasteiger partial charge in [0, 0.05) is 0 Å². The Bertz CT molecular complexity index is 442. The highest BCUT2D eigenvalue weighted by Crippen LogP contribution is 2.41. The zero-order valence-electron chi connectivity index (χ0n) is 11.9. The largest absolute Gasteiger partial charge is 0.495 e. The van der Waals surface area contributed by atoms with Crippen LogP contribution in [0, 0.1) is 0 Å². The van der Waals surface area contributed by atoms with Crippen LogP contribution in [0.4, 0.5) is 5.69 Å². The summed E-state index contributed by atoms with van der Waals surface area (Å²) in [5, 5.41) is 2.96. The van der Waals surface area contributed by atoms with Crippen LogP contribution < -0.4 is 10.1 Å². The molecule has 0 saturated carbocycles. The number of hydrogen-bond acceptors (Lipinski definition) is 2. The van der Waals surface area contributed by atoms with Gasteiger partial charge in [-0.3, -0.25) is 4.79 Å². The maximum atomic E-state index is 12.1. The molecule has 1 heterocycles. The van der Waals surface area contributed by atoms with Crippen molar-refractivity contribution in [3.05, 3.63) is 23.8 Å². The van der Waals surface area contributed by atoms with Gasteiger partial charge < -0.3 is 10.1 Å². The number of unbranched alkanes of at least 4 members (excludes halogenated alkanes) is 4. The lowest BCUT2D eigenvalue weighted by atomic mass is 9.94. The number of hydrogen-bond donors (Lipinski definition) is 1. The zero-order chi connectivity index (χ0) is 13.7. The molecule has 19 heavy (non-hydrogen) atoms. The van der Waals surface area contributed by atoms with Crippen molar-refractivity contribution in [1.29, 1.82) is 0 Å². The monoisotopic (exact) mass is 261 g/mol. The van der Waals surface area contributed by atoms with Crippen molar-refractivity contribution in [2.75, 3.05) is 12.4 Å². The zero-order valence-corrected chi connectivity index (χ0v) is 11.9. The molecule has 0 aliphatic carbocycles. The quantitative estimate of drug-likeness (QED) is 0.751. The third-order valence-corrected chi connectivity index (χ3v) is 3.81. The summed E-state index contributed by atoms with van der Waals surface area (Å²) in [6.45, 7) is 2.22. The molecule has 1 aromatic rings. The van der Waals surface area contributed by atoms with Crippen molar-refractivity contribution in [2.45, 2.75) is 51.4 Å². The topological polar surface area (TPSA) is 38.3 Å². The number of fused-ring (bicyclic) bond motifs is 1. The summed E-state index contributed by atoms with van der Waals surface area (Å²) in [5.41, 5.74) is 1.97. The van der Waals surface area contributed by atoms with Gasteiger partial charge in [0.2, 0.25) is 5.91 Å². The number of para-hydroxylation sites is 1. The van der Waals surface area contributed by atoms with Crippen LogP contribution in [0.1, 0.15) is 56.9 Å². The summed E-state index contributed by atoms with van der Waals surface area (Å²) in [4.78, 5) is 12.1. The van der Waals surface area contributed by atoms with Crippen LogP contribution >= 0.6 is 0 Å². The fourth-order valence-electron chi connectivity index (χ4n) is 2.73. The van der Waals surface area contributed by atoms with E-state index >= 15 is 0 Å². The van der Waals surface area contributed by atoms with Gasteiger partial charge in [0.15, 0.2) is 0 Å². The lowest BCUT2D eigenvalue weighted by Gasteiger charge is -2.09. The Balaban J connectivity index is 1.98. The van der Waals surface area contributed by atoms with E-state index in [1.165, 1.54) is 25.7 Å². The molecule has 0 bridgehead atoms. The van der Waals surface area contributed by atoms with Gasteiger partial charge >= 0.3 is 0 Å². The van der Waals surface area contributed by atoms with Gasteiger partial charge in [-0.15, -0.1) is 0 Å². The minimum atomic E-state index is 0.00623. The molecule has 3 heteroatoms. The Morgan fingerprint density at radius 3 is 2.74 bits per heavy atom. The Labute approximate surface area is 115 Å². The predicted octanol–water partition coefficient (Wildman–Crippen LogP) is 4.09. The molecule has 0 spiro atoms. The Morgan fingerprint density at radius 2 is 2.00 bits per heavy atom. The molecular formula is C16H23NO2. The first-order valence-corrected chi connectivity index (χ1v) is 7.25. The Kier molecular flexibility index (Phi) is 4.83. The van der Waals surface area contributed by atoms with Gasteiger partial charge in [0.05, 0.1) is 18.7 Å². The average Bonchev–Trinajstić information content (AvgIpc) is 2.74. The molecule has 3 nitrogen and oxygen atoms in total. The summed E-state index contributed by atoms with van der Waals surface area (Å²) in [7, 11) is 1.64. The molecule has 1 amide bonds. The average molecular weight is 261 g/mol. The summed E-state index contributed by atoms with van der Waals surface area (Å²) >= 11 is 0. The lowest BCUT2D eigenvalue weighted by molar-refractivity contribution is -0.117. The third kappa shape index (κ3) is 3.09. The number of nitrogens with one attached hydrogen (secondary N) is 1. The number of anilines is 1. The van der Waals surface area contributed by atoms with E-state index in [4.69, 9.17) is 4.74 Å². The van der Waals surface area contributed by atoms with E-state index in [1.807, 2.05) is 18.2 Å². The van der Waals surface area contributed by atoms with Crippen LogP contribution in [-0.4, -0.2) is 13.0 Å². The maximum absolute atomic E-state index is 12.1. The minimum Gasteiger partial charge on any atom is -0.495 e. The number of amides is 1. The smallest absolute Gasteiger partial charge is 0.232 e. The molecule has 1 aromatic carbocycles. The molecule has 0 aromatic heterocycles. The summed E-state index contributed by atoms with van der Waals surface area (Å²) in [6, 6.07) is 5.89. The third-order valence-electron chi connectivity index (χ3n) is 3.81. The Morgan fingerprint density at radius 1 is 1.21 bits per heavy atom. The molecule has 1 atom stereocenters. The van der Waals surface area contributed by atoms with Crippen LogP contribution in [0.25, 0.3) is 0 Å². The van der Waals surface area contributed by atoms with E-state index in [9.17, 15) is 4.79 Å². The standard InChI is InChI=1S/C16H23NO2/c1-3-4-5-6-7-9-13-12-10-8-11-14(19-2)15(12)17-16(13)18/h8,10-11,13H,3-7,9H2,1-2H3,(H,17,18). The summed E-state index contributed by atoms with van der Waals surface area (Å²) < 4.78 is 5.30. The van der Waals surface area contributed by atoms with Gasteiger partial charge in [-0.25, -0.2) is 0 Å². The van der Waals surface area contributed by atoms with Crippen LogP contribution in [0.2, 0.25) is 0 Å². The summed E-state index contributed by atoms with van der Waals surface area (Å²) in [6.07, 6.45) is 7.10. The van der Waals surface area contributed by atoms with Crippen LogP contribution in [-0.2, 0) is 4.79 Å². The van der Waals surface area contributed by atoms with Crippen molar-refractivity contribution in [3.8, 4) is 5.75 Å². The second-order valence-electron chi connectivity index (χ2n) is 5.17. The van der Waals surface area contributed by atoms with Crippen molar-refractivity contribution >= 4 is 11.6 Å². The van der Waals surface area contributed by atoms with Crippen LogP contribution in [0.15, 0.2) is 18.2 Å². The molecule has 1 unspecified atom stereocenters. The summed E-state index contributed by atoms with van der Waals surface area (Å²) in [5.74, 6) is 0.890. The second-order valence-corrected chi connectivity index (χ2v) is 5.17. The normalized spacial score (nSPS) is 17.2. The highest BCUT2D eigenvalue weighted by Gasteiger charge is 2.31. The SMILES string of the molecule is CCCCCCCC1C(=O)Nc2c(OC)cccc21. The second kappa shape index (κ2) is 6.60. The van der Waals surface area contributed by atoms with Gasteiger partial charge in [0.1, 0.15) is 5.75 Å². The molecule has 1 aliphatic rings. The van der Waals surface area contributed by atoms with E-state index in [0.717, 1.165) is 29.8 Å². The van der Waals surface area contributed by atoms with E-state index in [1.54, 1.807) is 7.11 Å². The van der Waals surface area contributed by atoms with E-state index in [0.29, 0.717) is 0 Å². The van der Waals surface area contributed by atoms with Crippen molar-refractivity contribution in [1.82, 2.24) is 0 Å². The predicted molar refractivity (Wildman–Crippen MR) is 77.7 cm³/mol.